The summed E-state index contributed by atoms with van der Waals surface area (Å²) in [5.74, 6) is -1.06. The Kier molecular flexibility index (Phi) is 8.55. The molecule has 0 aliphatic rings. The lowest BCUT2D eigenvalue weighted by molar-refractivity contribution is -0.118. The zero-order valence-electron chi connectivity index (χ0n) is 25.0. The Bertz CT molecular complexity index is 1920. The second-order valence-electron chi connectivity index (χ2n) is 10.9. The van der Waals surface area contributed by atoms with Crippen LogP contribution >= 0.6 is 0 Å². The number of benzene rings is 3. The third-order valence-electron chi connectivity index (χ3n) is 7.11. The predicted molar refractivity (Wildman–Crippen MR) is 164 cm³/mol. The summed E-state index contributed by atoms with van der Waals surface area (Å²) >= 11 is 0. The maximum atomic E-state index is 14.6. The van der Waals surface area contributed by atoms with Crippen molar-refractivity contribution < 1.29 is 32.6 Å². The molecule has 8 nitrogen and oxygen atoms in total. The highest BCUT2D eigenvalue weighted by atomic mass is 19.1. The number of aliphatic hydroxyl groups is 1. The van der Waals surface area contributed by atoms with Crippen LogP contribution in [0.5, 0.6) is 17.2 Å². The highest BCUT2D eigenvalue weighted by Crippen LogP contribution is 2.41. The zero-order valence-corrected chi connectivity index (χ0v) is 25.0. The number of aliphatic hydroxyl groups excluding tert-OH is 1. The molecular formula is C34H32F2N2O6. The monoisotopic (exact) mass is 602 g/mol. The fourth-order valence-corrected chi connectivity index (χ4v) is 4.92. The van der Waals surface area contributed by atoms with Gasteiger partial charge in [0.15, 0.2) is 11.6 Å². The first-order valence-electron chi connectivity index (χ1n) is 14.0. The van der Waals surface area contributed by atoms with Crippen LogP contribution < -0.4 is 20.3 Å². The number of hydrogen-bond acceptors (Lipinski definition) is 6. The van der Waals surface area contributed by atoms with E-state index in [4.69, 9.17) is 19.0 Å². The number of halogens is 2. The van der Waals surface area contributed by atoms with Gasteiger partial charge in [-0.15, -0.1) is 0 Å². The Balaban J connectivity index is 1.69. The number of nitrogens with one attached hydrogen (secondary N) is 1. The van der Waals surface area contributed by atoms with E-state index in [0.29, 0.717) is 39.3 Å². The van der Waals surface area contributed by atoms with Crippen LogP contribution in [0, 0.1) is 31.4 Å². The summed E-state index contributed by atoms with van der Waals surface area (Å²) in [6, 6.07) is 13.2. The third-order valence-corrected chi connectivity index (χ3v) is 7.11. The molecule has 0 aliphatic carbocycles. The molecule has 5 rings (SSSR count). The number of rotatable bonds is 9. The number of pyridine rings is 1. The molecule has 0 atom stereocenters. The third kappa shape index (κ3) is 6.07. The normalized spacial score (nSPS) is 11.3. The molecule has 0 radical (unpaired) electrons. The number of anilines is 1. The molecule has 3 aromatic carbocycles. The summed E-state index contributed by atoms with van der Waals surface area (Å²) in [4.78, 5) is 25.8. The molecule has 5 aromatic rings. The van der Waals surface area contributed by atoms with E-state index in [-0.39, 0.29) is 47.7 Å². The van der Waals surface area contributed by atoms with Gasteiger partial charge in [0.1, 0.15) is 35.3 Å². The average molecular weight is 603 g/mol. The minimum Gasteiger partial charge on any atom is -0.491 e. The van der Waals surface area contributed by atoms with E-state index in [1.807, 2.05) is 26.0 Å². The average Bonchev–Trinajstić information content (AvgIpc) is 3.42. The predicted octanol–water partition coefficient (Wildman–Crippen LogP) is 7.12. The van der Waals surface area contributed by atoms with Crippen LogP contribution in [0.25, 0.3) is 33.4 Å². The Morgan fingerprint density at radius 2 is 1.70 bits per heavy atom. The minimum absolute atomic E-state index is 0.113. The standard InChI is InChI=1S/C34H32F2N2O6/c1-18(2)33(40)37-23-7-9-28(43-29-8-6-22(35)14-27(29)36)24(15-23)26-17-38(5)34(41)25-16-30(44-32(25)26)21-12-19(3)31(20(4)13-21)42-11-10-39/h6-9,12-18,39H,10-11H2,1-5H3,(H,37,40). The molecule has 2 N–H and O–H groups in total. The molecule has 44 heavy (non-hydrogen) atoms. The van der Waals surface area contributed by atoms with Gasteiger partial charge in [0.2, 0.25) is 5.91 Å². The van der Waals surface area contributed by atoms with Crippen LogP contribution in [0.3, 0.4) is 0 Å². The van der Waals surface area contributed by atoms with Gasteiger partial charge in [-0.3, -0.25) is 9.59 Å². The summed E-state index contributed by atoms with van der Waals surface area (Å²) in [6.45, 7) is 7.34. The highest BCUT2D eigenvalue weighted by Gasteiger charge is 2.21. The number of nitrogens with zero attached hydrogens (tertiary/aromatic N) is 1. The summed E-state index contributed by atoms with van der Waals surface area (Å²) in [6.07, 6.45) is 1.58. The van der Waals surface area contributed by atoms with Crippen molar-refractivity contribution in [3.63, 3.8) is 0 Å². The second kappa shape index (κ2) is 12.3. The van der Waals surface area contributed by atoms with E-state index in [2.05, 4.69) is 5.32 Å². The van der Waals surface area contributed by atoms with Gasteiger partial charge < -0.3 is 28.9 Å². The molecule has 0 fully saturated rings. The summed E-state index contributed by atoms with van der Waals surface area (Å²) in [7, 11) is 1.60. The highest BCUT2D eigenvalue weighted by molar-refractivity contribution is 5.98. The van der Waals surface area contributed by atoms with Crippen LogP contribution in [0.15, 0.2) is 70.0 Å². The van der Waals surface area contributed by atoms with Crippen molar-refractivity contribution in [1.29, 1.82) is 0 Å². The van der Waals surface area contributed by atoms with Gasteiger partial charge in [-0.05, 0) is 73.5 Å². The van der Waals surface area contributed by atoms with E-state index in [1.165, 1.54) is 10.6 Å². The zero-order chi connectivity index (χ0) is 31.7. The smallest absolute Gasteiger partial charge is 0.261 e. The summed E-state index contributed by atoms with van der Waals surface area (Å²) in [5.41, 5.74) is 3.62. The first kappa shape index (κ1) is 30.5. The number of carbonyl (C=O) groups excluding carboxylic acids is 1. The van der Waals surface area contributed by atoms with E-state index >= 15 is 0 Å². The van der Waals surface area contributed by atoms with Crippen LogP contribution in [-0.4, -0.2) is 28.8 Å². The number of fused-ring (bicyclic) bond motifs is 1. The lowest BCUT2D eigenvalue weighted by Crippen LogP contribution is -2.18. The number of carbonyl (C=O) groups is 1. The molecule has 1 amide bonds. The van der Waals surface area contributed by atoms with E-state index < -0.39 is 11.6 Å². The van der Waals surface area contributed by atoms with Crippen molar-refractivity contribution in [3.05, 3.63) is 93.9 Å². The minimum atomic E-state index is -0.892. The molecule has 0 bridgehead atoms. The number of ether oxygens (including phenoxy) is 2. The van der Waals surface area contributed by atoms with Gasteiger partial charge in [-0.2, -0.15) is 0 Å². The van der Waals surface area contributed by atoms with Gasteiger partial charge in [0.25, 0.3) is 5.56 Å². The molecule has 2 heterocycles. The Labute approximate surface area is 252 Å². The Morgan fingerprint density at radius 3 is 2.36 bits per heavy atom. The van der Waals surface area contributed by atoms with Crippen molar-refractivity contribution in [2.75, 3.05) is 18.5 Å². The van der Waals surface area contributed by atoms with E-state index in [9.17, 15) is 18.4 Å². The van der Waals surface area contributed by atoms with Gasteiger partial charge >= 0.3 is 0 Å². The molecule has 10 heteroatoms. The number of hydrogen-bond donors (Lipinski definition) is 2. The van der Waals surface area contributed by atoms with Crippen molar-refractivity contribution in [3.8, 4) is 39.7 Å². The topological polar surface area (TPSA) is 103 Å². The molecule has 0 unspecified atom stereocenters. The van der Waals surface area contributed by atoms with Gasteiger partial charge in [-0.25, -0.2) is 8.78 Å². The number of furan rings is 1. The van der Waals surface area contributed by atoms with E-state index in [1.54, 1.807) is 51.4 Å². The largest absolute Gasteiger partial charge is 0.491 e. The van der Waals surface area contributed by atoms with Gasteiger partial charge in [0, 0.05) is 47.6 Å². The Hall–Kier alpha value is -4.96. The molecular weight excluding hydrogens is 570 g/mol. The molecule has 0 spiro atoms. The quantitative estimate of drug-likeness (QED) is 0.186. The maximum absolute atomic E-state index is 14.6. The first-order chi connectivity index (χ1) is 21.0. The molecule has 0 saturated carbocycles. The number of amides is 1. The molecule has 0 aliphatic heterocycles. The lowest BCUT2D eigenvalue weighted by atomic mass is 10.0. The van der Waals surface area contributed by atoms with Gasteiger partial charge in [0.05, 0.1) is 12.0 Å². The fourth-order valence-electron chi connectivity index (χ4n) is 4.92. The molecule has 228 valence electrons. The van der Waals surface area contributed by atoms with Crippen LogP contribution in [-0.2, 0) is 11.8 Å². The van der Waals surface area contributed by atoms with Crippen molar-refractivity contribution >= 4 is 22.6 Å². The Morgan fingerprint density at radius 1 is 1.00 bits per heavy atom. The van der Waals surface area contributed by atoms with Gasteiger partial charge in [-0.1, -0.05) is 13.8 Å². The van der Waals surface area contributed by atoms with Crippen molar-refractivity contribution in [1.82, 2.24) is 4.57 Å². The second-order valence-corrected chi connectivity index (χ2v) is 10.9. The number of aryl methyl sites for hydroxylation is 3. The van der Waals surface area contributed by atoms with Crippen LogP contribution in [0.4, 0.5) is 14.5 Å². The fraction of sp³-hybridized carbons (Fsp3) is 0.235. The summed E-state index contributed by atoms with van der Waals surface area (Å²) in [5, 5.41) is 12.3. The van der Waals surface area contributed by atoms with E-state index in [0.717, 1.165) is 23.3 Å². The molecule has 2 aromatic heterocycles. The first-order valence-corrected chi connectivity index (χ1v) is 14.0. The van der Waals surface area contributed by atoms with Crippen molar-refractivity contribution in [2.24, 2.45) is 13.0 Å². The van der Waals surface area contributed by atoms with Crippen LogP contribution in [0.1, 0.15) is 25.0 Å². The van der Waals surface area contributed by atoms with Crippen LogP contribution in [0.2, 0.25) is 0 Å². The lowest BCUT2D eigenvalue weighted by Gasteiger charge is -2.16. The number of aromatic nitrogens is 1. The summed E-state index contributed by atoms with van der Waals surface area (Å²) < 4.78 is 47.6. The SMILES string of the molecule is Cc1cc(-c2cc3c(=O)n(C)cc(-c4cc(NC(=O)C(C)C)ccc4Oc4ccc(F)cc4F)c3o2)cc(C)c1OCCO. The van der Waals surface area contributed by atoms with Crippen molar-refractivity contribution in [2.45, 2.75) is 27.7 Å². The maximum Gasteiger partial charge on any atom is 0.261 e. The molecule has 0 saturated heterocycles.